The molecule has 0 amide bonds. The van der Waals surface area contributed by atoms with Crippen molar-refractivity contribution in [3.05, 3.63) is 17.8 Å². The highest BCUT2D eigenvalue weighted by Crippen LogP contribution is 2.32. The van der Waals surface area contributed by atoms with E-state index in [1.54, 1.807) is 17.7 Å². The number of aliphatic carboxylic acids is 1. The third-order valence-corrected chi connectivity index (χ3v) is 4.48. The van der Waals surface area contributed by atoms with Gasteiger partial charge in [-0.25, -0.2) is 9.97 Å². The summed E-state index contributed by atoms with van der Waals surface area (Å²) in [5.74, 6) is 0.750. The zero-order chi connectivity index (χ0) is 13.2. The van der Waals surface area contributed by atoms with E-state index in [1.807, 2.05) is 11.4 Å². The molecule has 0 aromatic carbocycles. The van der Waals surface area contributed by atoms with Crippen molar-refractivity contribution in [2.45, 2.75) is 19.3 Å². The average Bonchev–Trinajstić information content (AvgIpc) is 3.04. The average molecular weight is 277 g/mol. The van der Waals surface area contributed by atoms with E-state index in [1.165, 1.54) is 0 Å². The summed E-state index contributed by atoms with van der Waals surface area (Å²) in [5, 5.41) is 10.8. The Morgan fingerprint density at radius 1 is 1.53 bits per heavy atom. The molecular formula is C13H15N3O2S. The van der Waals surface area contributed by atoms with Gasteiger partial charge in [-0.05, 0) is 30.2 Å². The number of fused-ring (bicyclic) bond motifs is 1. The van der Waals surface area contributed by atoms with Crippen molar-refractivity contribution >= 4 is 33.3 Å². The largest absolute Gasteiger partial charge is 0.481 e. The Kier molecular flexibility index (Phi) is 3.33. The highest BCUT2D eigenvalue weighted by molar-refractivity contribution is 7.17. The molecule has 1 atom stereocenters. The number of thiophene rings is 1. The summed E-state index contributed by atoms with van der Waals surface area (Å²) in [5.41, 5.74) is 0.990. The van der Waals surface area contributed by atoms with Gasteiger partial charge in [-0.1, -0.05) is 0 Å². The topological polar surface area (TPSA) is 66.3 Å². The van der Waals surface area contributed by atoms with Gasteiger partial charge in [0.2, 0.25) is 0 Å². The minimum Gasteiger partial charge on any atom is -0.481 e. The maximum atomic E-state index is 10.6. The van der Waals surface area contributed by atoms with Crippen molar-refractivity contribution in [1.29, 1.82) is 0 Å². The van der Waals surface area contributed by atoms with E-state index in [0.717, 1.165) is 42.0 Å². The Labute approximate surface area is 114 Å². The summed E-state index contributed by atoms with van der Waals surface area (Å²) in [7, 11) is 0. The molecular weight excluding hydrogens is 262 g/mol. The van der Waals surface area contributed by atoms with Gasteiger partial charge >= 0.3 is 5.97 Å². The van der Waals surface area contributed by atoms with Gasteiger partial charge in [-0.2, -0.15) is 0 Å². The van der Waals surface area contributed by atoms with E-state index < -0.39 is 5.97 Å². The van der Waals surface area contributed by atoms with Crippen LogP contribution in [0.3, 0.4) is 0 Å². The highest BCUT2D eigenvalue weighted by atomic mass is 32.1. The lowest BCUT2D eigenvalue weighted by atomic mass is 10.0. The molecule has 1 aliphatic rings. The number of carboxylic acid groups (broad SMARTS) is 1. The van der Waals surface area contributed by atoms with Gasteiger partial charge in [0.05, 0.1) is 10.2 Å². The first-order chi connectivity index (χ1) is 9.24. The summed E-state index contributed by atoms with van der Waals surface area (Å²) in [6, 6.07) is 2.00. The highest BCUT2D eigenvalue weighted by Gasteiger charge is 2.25. The molecule has 1 N–H and O–H groups in total. The number of rotatable bonds is 4. The zero-order valence-corrected chi connectivity index (χ0v) is 11.3. The van der Waals surface area contributed by atoms with Crippen LogP contribution < -0.4 is 4.90 Å². The maximum Gasteiger partial charge on any atom is 0.303 e. The summed E-state index contributed by atoms with van der Waals surface area (Å²) >= 11 is 1.66. The van der Waals surface area contributed by atoms with Gasteiger partial charge in [0, 0.05) is 19.5 Å². The quantitative estimate of drug-likeness (QED) is 0.929. The van der Waals surface area contributed by atoms with E-state index in [-0.39, 0.29) is 6.42 Å². The van der Waals surface area contributed by atoms with Crippen molar-refractivity contribution in [1.82, 2.24) is 9.97 Å². The lowest BCUT2D eigenvalue weighted by Gasteiger charge is -2.17. The molecule has 19 heavy (non-hydrogen) atoms. The van der Waals surface area contributed by atoms with Crippen LogP contribution in [-0.4, -0.2) is 34.1 Å². The van der Waals surface area contributed by atoms with Crippen LogP contribution in [0.25, 0.3) is 10.2 Å². The van der Waals surface area contributed by atoms with E-state index in [9.17, 15) is 4.79 Å². The third kappa shape index (κ3) is 2.53. The molecule has 3 heterocycles. The van der Waals surface area contributed by atoms with Gasteiger partial charge in [0.25, 0.3) is 0 Å². The lowest BCUT2D eigenvalue weighted by Crippen LogP contribution is -2.21. The molecule has 1 unspecified atom stereocenters. The van der Waals surface area contributed by atoms with Crippen LogP contribution in [0.15, 0.2) is 17.8 Å². The number of anilines is 1. The van der Waals surface area contributed by atoms with E-state index in [2.05, 4.69) is 14.9 Å². The summed E-state index contributed by atoms with van der Waals surface area (Å²) in [4.78, 5) is 21.5. The third-order valence-electron chi connectivity index (χ3n) is 3.58. The maximum absolute atomic E-state index is 10.6. The standard InChI is InChI=1S/C13H15N3O2S/c17-11(18)2-1-9-3-5-16(7-9)13-12-10(4-6-19-12)14-8-15-13/h4,6,8-9H,1-3,5,7H2,(H,17,18). The Morgan fingerprint density at radius 3 is 3.26 bits per heavy atom. The molecule has 2 aromatic heterocycles. The Morgan fingerprint density at radius 2 is 2.42 bits per heavy atom. The number of carbonyl (C=O) groups is 1. The van der Waals surface area contributed by atoms with E-state index >= 15 is 0 Å². The fourth-order valence-corrected chi connectivity index (χ4v) is 3.45. The van der Waals surface area contributed by atoms with Crippen LogP contribution in [0.4, 0.5) is 5.82 Å². The second-order valence-electron chi connectivity index (χ2n) is 4.87. The van der Waals surface area contributed by atoms with Crippen LogP contribution in [0.2, 0.25) is 0 Å². The molecule has 1 saturated heterocycles. The van der Waals surface area contributed by atoms with Crippen LogP contribution in [0.1, 0.15) is 19.3 Å². The van der Waals surface area contributed by atoms with Gasteiger partial charge in [-0.3, -0.25) is 4.79 Å². The molecule has 2 aromatic rings. The van der Waals surface area contributed by atoms with Crippen molar-refractivity contribution in [2.75, 3.05) is 18.0 Å². The molecule has 6 heteroatoms. The first-order valence-electron chi connectivity index (χ1n) is 6.39. The lowest BCUT2D eigenvalue weighted by molar-refractivity contribution is -0.137. The molecule has 0 saturated carbocycles. The fourth-order valence-electron chi connectivity index (χ4n) is 2.59. The second kappa shape index (κ2) is 5.13. The predicted molar refractivity (Wildman–Crippen MR) is 74.6 cm³/mol. The first kappa shape index (κ1) is 12.3. The zero-order valence-electron chi connectivity index (χ0n) is 10.5. The summed E-state index contributed by atoms with van der Waals surface area (Å²) in [6.45, 7) is 1.85. The minimum absolute atomic E-state index is 0.261. The molecule has 5 nitrogen and oxygen atoms in total. The number of hydrogen-bond donors (Lipinski definition) is 1. The second-order valence-corrected chi connectivity index (χ2v) is 5.78. The van der Waals surface area contributed by atoms with Gasteiger partial charge < -0.3 is 10.0 Å². The van der Waals surface area contributed by atoms with Crippen LogP contribution in [0, 0.1) is 5.92 Å². The first-order valence-corrected chi connectivity index (χ1v) is 7.27. The van der Waals surface area contributed by atoms with Gasteiger partial charge in [-0.15, -0.1) is 11.3 Å². The molecule has 1 aliphatic heterocycles. The Bertz CT molecular complexity index is 598. The number of carboxylic acids is 1. The van der Waals surface area contributed by atoms with Crippen LogP contribution in [-0.2, 0) is 4.79 Å². The number of aromatic nitrogens is 2. The Balaban J connectivity index is 1.74. The monoisotopic (exact) mass is 277 g/mol. The number of hydrogen-bond acceptors (Lipinski definition) is 5. The minimum atomic E-state index is -0.707. The van der Waals surface area contributed by atoms with Gasteiger partial charge in [0.15, 0.2) is 0 Å². The molecule has 3 rings (SSSR count). The Hall–Kier alpha value is -1.69. The van der Waals surface area contributed by atoms with Crippen molar-refractivity contribution in [2.24, 2.45) is 5.92 Å². The van der Waals surface area contributed by atoms with E-state index in [0.29, 0.717) is 5.92 Å². The summed E-state index contributed by atoms with van der Waals surface area (Å²) in [6.07, 6.45) is 3.67. The smallest absolute Gasteiger partial charge is 0.303 e. The normalized spacial score (nSPS) is 19.2. The molecule has 0 spiro atoms. The predicted octanol–water partition coefficient (Wildman–Crippen LogP) is 2.38. The van der Waals surface area contributed by atoms with Crippen LogP contribution >= 0.6 is 11.3 Å². The van der Waals surface area contributed by atoms with Gasteiger partial charge in [0.1, 0.15) is 12.1 Å². The molecule has 100 valence electrons. The number of nitrogens with zero attached hydrogens (tertiary/aromatic N) is 3. The van der Waals surface area contributed by atoms with Crippen LogP contribution in [0.5, 0.6) is 0 Å². The van der Waals surface area contributed by atoms with Crippen molar-refractivity contribution in [3.63, 3.8) is 0 Å². The molecule has 0 radical (unpaired) electrons. The SMILES string of the molecule is O=C(O)CCC1CCN(c2ncnc3ccsc23)C1. The molecule has 0 aliphatic carbocycles. The molecule has 0 bridgehead atoms. The summed E-state index contributed by atoms with van der Waals surface area (Å²) < 4.78 is 1.13. The van der Waals surface area contributed by atoms with Crippen molar-refractivity contribution in [3.8, 4) is 0 Å². The van der Waals surface area contributed by atoms with Crippen molar-refractivity contribution < 1.29 is 9.90 Å². The fraction of sp³-hybridized carbons (Fsp3) is 0.462. The van der Waals surface area contributed by atoms with E-state index in [4.69, 9.17) is 5.11 Å². The molecule has 1 fully saturated rings.